The molecule has 1 aliphatic rings. The molecule has 1 N–H and O–H groups in total. The zero-order chi connectivity index (χ0) is 48.8. The summed E-state index contributed by atoms with van der Waals surface area (Å²) in [5.41, 5.74) is 4.37. The van der Waals surface area contributed by atoms with E-state index in [0.717, 1.165) is 16.3 Å². The summed E-state index contributed by atoms with van der Waals surface area (Å²) >= 11 is 0. The van der Waals surface area contributed by atoms with Crippen LogP contribution in [0.15, 0.2) is 176 Å². The molecule has 7 aromatic carbocycles. The largest absolute Gasteiger partial charge is 0.509 e. The second kappa shape index (κ2) is 15.9. The first-order valence-electron chi connectivity index (χ1n) is 24.5. The van der Waals surface area contributed by atoms with Gasteiger partial charge in [-0.15, -0.1) is 35.7 Å². The molecule has 1 atom stereocenters. The Hall–Kier alpha value is -6.26. The first-order chi connectivity index (χ1) is 33.0. The molecule has 0 saturated carbocycles. The van der Waals surface area contributed by atoms with E-state index < -0.39 is 66.8 Å². The number of hydrogen-bond acceptors (Lipinski definition) is 3. The Kier molecular flexibility index (Phi) is 7.11. The van der Waals surface area contributed by atoms with Crippen molar-refractivity contribution in [2.45, 2.75) is 20.2 Å². The maximum absolute atomic E-state index is 9.00. The molecule has 5 nitrogen and oxygen atoms in total. The van der Waals surface area contributed by atoms with E-state index in [1.165, 1.54) is 0 Å². The summed E-state index contributed by atoms with van der Waals surface area (Å²) in [7, 11) is 0. The summed E-state index contributed by atoms with van der Waals surface area (Å²) in [4.78, 5) is 7.04. The van der Waals surface area contributed by atoms with Crippen LogP contribution >= 0.6 is 0 Å². The first kappa shape index (κ1) is 25.9. The predicted octanol–water partition coefficient (Wildman–Crippen LogP) is 12.2. The number of quaternary nitrogens is 1. The Labute approximate surface area is 370 Å². The third kappa shape index (κ3) is 6.91. The molecular weight excluding hydrogens is 892 g/mol. The van der Waals surface area contributed by atoms with E-state index in [0.29, 0.717) is 50.4 Å². The third-order valence-electron chi connectivity index (χ3n) is 9.80. The summed E-state index contributed by atoms with van der Waals surface area (Å²) < 4.78 is 113. The maximum Gasteiger partial charge on any atom is 0.135 e. The van der Waals surface area contributed by atoms with E-state index >= 15 is 0 Å². The van der Waals surface area contributed by atoms with Gasteiger partial charge in [0.2, 0.25) is 0 Å². The molecule has 10 rings (SSSR count). The van der Waals surface area contributed by atoms with E-state index in [1.807, 2.05) is 96.1 Å². The summed E-state index contributed by atoms with van der Waals surface area (Å²) in [6, 6.07) is 34.4. The molecule has 6 heteroatoms. The number of hydrogen-bond donors (Lipinski definition) is 1. The summed E-state index contributed by atoms with van der Waals surface area (Å²) in [5, 5.41) is 1.86. The Morgan fingerprint density at radius 1 is 0.741 bits per heavy atom. The molecule has 286 valence electrons. The van der Waals surface area contributed by atoms with E-state index in [4.69, 9.17) is 21.2 Å². The van der Waals surface area contributed by atoms with Gasteiger partial charge in [0, 0.05) is 58.1 Å². The van der Waals surface area contributed by atoms with E-state index in [2.05, 4.69) is 17.1 Å². The van der Waals surface area contributed by atoms with Crippen molar-refractivity contribution < 1.29 is 47.2 Å². The van der Waals surface area contributed by atoms with Crippen LogP contribution in [0, 0.1) is 24.7 Å². The Morgan fingerprint density at radius 2 is 1.43 bits per heavy atom. The normalized spacial score (nSPS) is 16.7. The average molecular weight is 944 g/mol. The number of pyridine rings is 1. The number of nitrogens with one attached hydrogen (secondary N) is 1. The van der Waals surface area contributed by atoms with E-state index in [9.17, 15) is 0 Å². The monoisotopic (exact) mass is 943 g/mol. The molecule has 0 saturated heterocycles. The standard InChI is InChI=1S/C52H40N4O.Pt/c1-36(2)31-37-29-30-53-51(32-37)56-47-24-10-9-21-45(47)46-28-27-42(34-50(46)56)57-41-20-13-19-40(33-41)54-35-55(49-26-12-11-25-48(49)54)52-43(38-15-5-3-6-16-38)22-14-23-44(52)39-17-7-4-8-18-39;/h3-30,32,35-36,55H,31H2,1-2H3;/q-2;/i3D,4D,5D,6D,7D,8D,15D,16D,17D,18D,31D2;. The van der Waals surface area contributed by atoms with Gasteiger partial charge in [-0.25, -0.2) is 4.98 Å². The van der Waals surface area contributed by atoms with Crippen LogP contribution in [-0.4, -0.2) is 9.55 Å². The van der Waals surface area contributed by atoms with Crippen LogP contribution in [0.1, 0.15) is 35.9 Å². The summed E-state index contributed by atoms with van der Waals surface area (Å²) in [6.07, 6.45) is 0.0228. The van der Waals surface area contributed by atoms with Gasteiger partial charge in [0.1, 0.15) is 17.2 Å². The van der Waals surface area contributed by atoms with Gasteiger partial charge < -0.3 is 19.1 Å². The minimum atomic E-state index is -1.60. The Morgan fingerprint density at radius 3 is 2.19 bits per heavy atom. The fraction of sp³-hybridized carbons (Fsp3) is 0.0769. The van der Waals surface area contributed by atoms with Crippen molar-refractivity contribution in [3.05, 3.63) is 200 Å². The zero-order valence-electron chi connectivity index (χ0n) is 43.2. The van der Waals surface area contributed by atoms with Crippen LogP contribution in [-0.2, 0) is 27.4 Å². The SMILES string of the molecule is [2H]c1c([2H])c([2H])c(-c2cccc(-c3c([2H])c([2H])c([2H])c([2H])c3[2H])c2[NH+]2[CH-]N(c3[c-]c(Oc4[c-]c5c(cc4)c4ccccc4n5-c4cc(C([2H])([2H])C(C)C)ccn4)ccc3)c3ccccc32)c([2H])c1[2H].[Pt]. The first-order valence-corrected chi connectivity index (χ1v) is 18.5. The fourth-order valence-corrected chi connectivity index (χ4v) is 7.50. The second-order valence-corrected chi connectivity index (χ2v) is 13.8. The third-order valence-corrected chi connectivity index (χ3v) is 9.80. The predicted molar refractivity (Wildman–Crippen MR) is 232 cm³/mol. The molecule has 9 aromatic rings. The fourth-order valence-electron chi connectivity index (χ4n) is 7.50. The Balaban J connectivity index is 0.00000608. The molecule has 0 amide bonds. The van der Waals surface area contributed by atoms with Gasteiger partial charge in [-0.3, -0.25) is 0 Å². The van der Waals surface area contributed by atoms with Gasteiger partial charge >= 0.3 is 0 Å². The number of anilines is 2. The van der Waals surface area contributed by atoms with Crippen LogP contribution in [0.5, 0.6) is 11.5 Å². The van der Waals surface area contributed by atoms with Crippen molar-refractivity contribution in [1.82, 2.24) is 9.55 Å². The van der Waals surface area contributed by atoms with Gasteiger partial charge in [-0.05, 0) is 83.5 Å². The molecule has 0 radical (unpaired) electrons. The number of aromatic nitrogens is 2. The average Bonchev–Trinajstić information content (AvgIpc) is 3.90. The number of para-hydroxylation sites is 4. The van der Waals surface area contributed by atoms with Crippen molar-refractivity contribution >= 4 is 44.6 Å². The van der Waals surface area contributed by atoms with Gasteiger partial charge in [-0.1, -0.05) is 122 Å². The van der Waals surface area contributed by atoms with Crippen LogP contribution in [0.3, 0.4) is 0 Å². The number of fused-ring (bicyclic) bond motifs is 4. The van der Waals surface area contributed by atoms with Crippen molar-refractivity contribution in [2.75, 3.05) is 4.90 Å². The van der Waals surface area contributed by atoms with E-state index in [1.54, 1.807) is 49.3 Å². The van der Waals surface area contributed by atoms with Crippen molar-refractivity contribution in [2.24, 2.45) is 5.92 Å². The molecule has 2 aromatic heterocycles. The quantitative estimate of drug-likeness (QED) is 0.146. The Bertz CT molecular complexity index is 3440. The molecular formula is C52H40N4OPt-2. The van der Waals surface area contributed by atoms with Crippen LogP contribution in [0.2, 0.25) is 0 Å². The van der Waals surface area contributed by atoms with Gasteiger partial charge in [0.15, 0.2) is 0 Å². The number of nitrogens with zero attached hydrogens (tertiary/aromatic N) is 3. The molecule has 0 bridgehead atoms. The molecule has 0 aliphatic carbocycles. The minimum absolute atomic E-state index is 0. The van der Waals surface area contributed by atoms with Crippen LogP contribution in [0.4, 0.5) is 22.7 Å². The number of ether oxygens (including phenoxy) is 1. The molecule has 58 heavy (non-hydrogen) atoms. The van der Waals surface area contributed by atoms with Gasteiger partial charge in [-0.2, -0.15) is 12.1 Å². The van der Waals surface area contributed by atoms with Crippen molar-refractivity contribution in [3.8, 4) is 39.6 Å². The summed E-state index contributed by atoms with van der Waals surface area (Å²) in [5.74, 6) is 0.975. The molecule has 3 heterocycles. The molecule has 0 fully saturated rings. The number of benzene rings is 7. The number of rotatable bonds is 9. The van der Waals surface area contributed by atoms with Crippen LogP contribution < -0.4 is 14.5 Å². The van der Waals surface area contributed by atoms with Crippen LogP contribution in [0.25, 0.3) is 49.9 Å². The molecule has 0 spiro atoms. The molecule has 1 unspecified atom stereocenters. The minimum Gasteiger partial charge on any atom is -0.509 e. The summed E-state index contributed by atoms with van der Waals surface area (Å²) in [6.45, 7) is 5.49. The van der Waals surface area contributed by atoms with E-state index in [-0.39, 0.29) is 54.9 Å². The van der Waals surface area contributed by atoms with Gasteiger partial charge in [0.05, 0.1) is 19.4 Å². The topological polar surface area (TPSA) is 34.7 Å². The van der Waals surface area contributed by atoms with Crippen molar-refractivity contribution in [3.63, 3.8) is 0 Å². The second-order valence-electron chi connectivity index (χ2n) is 13.8. The smallest absolute Gasteiger partial charge is 0.135 e. The van der Waals surface area contributed by atoms with Gasteiger partial charge in [0.25, 0.3) is 0 Å². The van der Waals surface area contributed by atoms with Crippen molar-refractivity contribution in [1.29, 1.82) is 0 Å². The maximum atomic E-state index is 9.00. The zero-order valence-corrected chi connectivity index (χ0v) is 33.5. The molecule has 1 aliphatic heterocycles.